The molecule has 0 aliphatic carbocycles. The van der Waals surface area contributed by atoms with E-state index in [1.807, 2.05) is 47.4 Å². The third-order valence-electron chi connectivity index (χ3n) is 5.35. The van der Waals surface area contributed by atoms with Crippen LogP contribution >= 0.6 is 0 Å². The van der Waals surface area contributed by atoms with E-state index >= 15 is 0 Å². The smallest absolute Gasteiger partial charge is 0.224 e. The van der Waals surface area contributed by atoms with Gasteiger partial charge in [-0.25, -0.2) is 0 Å². The number of carbonyl (C=O) groups is 2. The second-order valence-corrected chi connectivity index (χ2v) is 7.74. The Hall–Kier alpha value is -2.77. The molecule has 0 spiro atoms. The van der Waals surface area contributed by atoms with Crippen LogP contribution in [-0.2, 0) is 27.3 Å². The van der Waals surface area contributed by atoms with Crippen molar-refractivity contribution < 1.29 is 14.3 Å². The first kappa shape index (κ1) is 22.9. The summed E-state index contributed by atoms with van der Waals surface area (Å²) in [7, 11) is 0. The molecule has 1 aliphatic rings. The summed E-state index contributed by atoms with van der Waals surface area (Å²) in [5, 5.41) is 2.87. The molecular formula is C24H32N4O3. The number of aromatic nitrogens is 1. The number of rotatable bonds is 11. The number of hydrogen-bond acceptors (Lipinski definition) is 5. The normalized spacial score (nSPS) is 14.2. The number of morpholine rings is 1. The lowest BCUT2D eigenvalue weighted by atomic mass is 10.1. The Morgan fingerprint density at radius 2 is 1.77 bits per heavy atom. The lowest BCUT2D eigenvalue weighted by Gasteiger charge is -2.28. The Bertz CT molecular complexity index is 795. The summed E-state index contributed by atoms with van der Waals surface area (Å²) >= 11 is 0. The fourth-order valence-corrected chi connectivity index (χ4v) is 3.62. The van der Waals surface area contributed by atoms with Crippen molar-refractivity contribution in [3.05, 3.63) is 66.0 Å². The van der Waals surface area contributed by atoms with Crippen LogP contribution in [0.25, 0.3) is 0 Å². The molecule has 7 heteroatoms. The lowest BCUT2D eigenvalue weighted by molar-refractivity contribution is -0.132. The van der Waals surface area contributed by atoms with Gasteiger partial charge >= 0.3 is 0 Å². The van der Waals surface area contributed by atoms with Gasteiger partial charge in [-0.15, -0.1) is 0 Å². The first-order valence-electron chi connectivity index (χ1n) is 11.0. The topological polar surface area (TPSA) is 74.8 Å². The number of benzene rings is 1. The molecule has 0 atom stereocenters. The molecule has 2 aromatic rings. The number of nitrogens with zero attached hydrogens (tertiary/aromatic N) is 3. The van der Waals surface area contributed by atoms with Gasteiger partial charge in [0, 0.05) is 58.1 Å². The van der Waals surface area contributed by atoms with Gasteiger partial charge in [0.15, 0.2) is 0 Å². The van der Waals surface area contributed by atoms with E-state index in [0.29, 0.717) is 32.5 Å². The van der Waals surface area contributed by atoms with Crippen molar-refractivity contribution in [1.29, 1.82) is 0 Å². The summed E-state index contributed by atoms with van der Waals surface area (Å²) in [5.74, 6) is -0.00852. The Kier molecular flexibility index (Phi) is 9.47. The number of hydrogen-bond donors (Lipinski definition) is 1. The van der Waals surface area contributed by atoms with Gasteiger partial charge in [0.2, 0.25) is 11.8 Å². The molecule has 1 N–H and O–H groups in total. The van der Waals surface area contributed by atoms with Crippen molar-refractivity contribution in [2.24, 2.45) is 0 Å². The molecule has 1 aliphatic heterocycles. The number of amides is 2. The molecule has 0 saturated carbocycles. The highest BCUT2D eigenvalue weighted by atomic mass is 16.5. The SMILES string of the molecule is O=C(Cc1ccccc1)NCCC(=O)N(CCCN1CCOCC1)Cc1ccncc1. The molecule has 1 saturated heterocycles. The van der Waals surface area contributed by atoms with E-state index in [-0.39, 0.29) is 11.8 Å². The molecule has 1 fully saturated rings. The van der Waals surface area contributed by atoms with E-state index in [1.54, 1.807) is 12.4 Å². The zero-order chi connectivity index (χ0) is 21.7. The van der Waals surface area contributed by atoms with E-state index < -0.39 is 0 Å². The van der Waals surface area contributed by atoms with Crippen LogP contribution in [0.2, 0.25) is 0 Å². The molecule has 2 heterocycles. The molecule has 0 unspecified atom stereocenters. The van der Waals surface area contributed by atoms with Gasteiger partial charge in [-0.2, -0.15) is 0 Å². The molecule has 1 aromatic heterocycles. The second kappa shape index (κ2) is 12.8. The monoisotopic (exact) mass is 424 g/mol. The van der Waals surface area contributed by atoms with E-state index in [2.05, 4.69) is 15.2 Å². The maximum atomic E-state index is 12.9. The zero-order valence-corrected chi connectivity index (χ0v) is 18.0. The molecule has 1 aromatic carbocycles. The van der Waals surface area contributed by atoms with E-state index in [9.17, 15) is 9.59 Å². The lowest BCUT2D eigenvalue weighted by Crippen LogP contribution is -2.39. The van der Waals surface area contributed by atoms with E-state index in [4.69, 9.17) is 4.74 Å². The highest BCUT2D eigenvalue weighted by molar-refractivity contribution is 5.80. The van der Waals surface area contributed by atoms with Gasteiger partial charge in [0.1, 0.15) is 0 Å². The van der Waals surface area contributed by atoms with Crippen LogP contribution < -0.4 is 5.32 Å². The van der Waals surface area contributed by atoms with Gasteiger partial charge in [0.05, 0.1) is 19.6 Å². The number of carbonyl (C=O) groups excluding carboxylic acids is 2. The molecule has 0 radical (unpaired) electrons. The van der Waals surface area contributed by atoms with Crippen LogP contribution in [0.3, 0.4) is 0 Å². The molecule has 0 bridgehead atoms. The number of nitrogens with one attached hydrogen (secondary N) is 1. The van der Waals surface area contributed by atoms with Crippen LogP contribution in [0.4, 0.5) is 0 Å². The predicted octanol–water partition coefficient (Wildman–Crippen LogP) is 1.88. The van der Waals surface area contributed by atoms with Gasteiger partial charge in [-0.05, 0) is 29.7 Å². The van der Waals surface area contributed by atoms with Crippen LogP contribution in [0.1, 0.15) is 24.0 Å². The molecule has 7 nitrogen and oxygen atoms in total. The zero-order valence-electron chi connectivity index (χ0n) is 18.0. The standard InChI is InChI=1S/C24H32N4O3/c29-23(19-21-5-2-1-3-6-21)26-12-9-24(30)28(20-22-7-10-25-11-8-22)14-4-13-27-15-17-31-18-16-27/h1-3,5-8,10-11H,4,9,12-20H2,(H,26,29). The molecule has 2 amide bonds. The molecule has 31 heavy (non-hydrogen) atoms. The first-order chi connectivity index (χ1) is 15.2. The minimum Gasteiger partial charge on any atom is -0.379 e. The van der Waals surface area contributed by atoms with Crippen molar-refractivity contribution in [3.63, 3.8) is 0 Å². The van der Waals surface area contributed by atoms with Crippen molar-refractivity contribution >= 4 is 11.8 Å². The van der Waals surface area contributed by atoms with E-state index in [0.717, 1.165) is 50.4 Å². The highest BCUT2D eigenvalue weighted by Crippen LogP contribution is 2.08. The number of ether oxygens (including phenoxy) is 1. The Labute approximate surface area is 184 Å². The predicted molar refractivity (Wildman–Crippen MR) is 119 cm³/mol. The fourth-order valence-electron chi connectivity index (χ4n) is 3.62. The Morgan fingerprint density at radius 3 is 2.52 bits per heavy atom. The summed E-state index contributed by atoms with van der Waals surface area (Å²) in [4.78, 5) is 33.4. The minimum absolute atomic E-state index is 0.0544. The van der Waals surface area contributed by atoms with Crippen molar-refractivity contribution in [2.75, 3.05) is 45.9 Å². The van der Waals surface area contributed by atoms with Crippen molar-refractivity contribution in [1.82, 2.24) is 20.1 Å². The summed E-state index contributed by atoms with van der Waals surface area (Å²) < 4.78 is 5.40. The second-order valence-electron chi connectivity index (χ2n) is 7.74. The van der Waals surface area contributed by atoms with Crippen LogP contribution in [0, 0.1) is 0 Å². The average Bonchev–Trinajstić information content (AvgIpc) is 2.80. The maximum Gasteiger partial charge on any atom is 0.224 e. The third-order valence-corrected chi connectivity index (χ3v) is 5.35. The third kappa shape index (κ3) is 8.47. The van der Waals surface area contributed by atoms with Crippen molar-refractivity contribution in [2.45, 2.75) is 25.8 Å². The first-order valence-corrected chi connectivity index (χ1v) is 11.0. The largest absolute Gasteiger partial charge is 0.379 e. The van der Waals surface area contributed by atoms with Crippen LogP contribution in [0.5, 0.6) is 0 Å². The van der Waals surface area contributed by atoms with Crippen LogP contribution in [-0.4, -0.2) is 72.5 Å². The van der Waals surface area contributed by atoms with E-state index in [1.165, 1.54) is 0 Å². The van der Waals surface area contributed by atoms with Gasteiger partial charge in [-0.3, -0.25) is 19.5 Å². The van der Waals surface area contributed by atoms with Crippen LogP contribution in [0.15, 0.2) is 54.9 Å². The van der Waals surface area contributed by atoms with Gasteiger partial charge in [0.25, 0.3) is 0 Å². The Morgan fingerprint density at radius 1 is 1.03 bits per heavy atom. The summed E-state index contributed by atoms with van der Waals surface area (Å²) in [5.41, 5.74) is 2.02. The van der Waals surface area contributed by atoms with Gasteiger partial charge in [-0.1, -0.05) is 30.3 Å². The highest BCUT2D eigenvalue weighted by Gasteiger charge is 2.16. The molecule has 3 rings (SSSR count). The summed E-state index contributed by atoms with van der Waals surface area (Å²) in [6.45, 7) is 6.01. The minimum atomic E-state index is -0.0630. The maximum absolute atomic E-state index is 12.9. The molecule has 166 valence electrons. The quantitative estimate of drug-likeness (QED) is 0.596. The number of pyridine rings is 1. The summed E-state index contributed by atoms with van der Waals surface area (Å²) in [6, 6.07) is 13.5. The van der Waals surface area contributed by atoms with Gasteiger partial charge < -0.3 is 15.0 Å². The Balaban J connectivity index is 1.45. The van der Waals surface area contributed by atoms with Crippen molar-refractivity contribution in [3.8, 4) is 0 Å². The fraction of sp³-hybridized carbons (Fsp3) is 0.458. The molecular weight excluding hydrogens is 392 g/mol. The average molecular weight is 425 g/mol. The summed E-state index contributed by atoms with van der Waals surface area (Å²) in [6.07, 6.45) is 5.03.